The summed E-state index contributed by atoms with van der Waals surface area (Å²) < 4.78 is 1.17. The molecule has 0 amide bonds. The average Bonchev–Trinajstić information content (AvgIpc) is 2.48. The third kappa shape index (κ3) is 2.99. The molecule has 0 fully saturated rings. The van der Waals surface area contributed by atoms with Crippen molar-refractivity contribution in [1.29, 1.82) is 0 Å². The van der Waals surface area contributed by atoms with Crippen LogP contribution in [0.5, 0.6) is 0 Å². The monoisotopic (exact) mass is 375 g/mol. The minimum Gasteiger partial charge on any atom is -0.388 e. The molecule has 100 valence electrons. The van der Waals surface area contributed by atoms with Crippen molar-refractivity contribution in [3.8, 4) is 0 Å². The molecular formula is C17H14INO. The minimum atomic E-state index is -0.513. The predicted octanol–water partition coefficient (Wildman–Crippen LogP) is 4.12. The highest BCUT2D eigenvalue weighted by molar-refractivity contribution is 14.1. The molecule has 1 atom stereocenters. The molecule has 0 saturated heterocycles. The summed E-state index contributed by atoms with van der Waals surface area (Å²) >= 11 is 2.26. The first-order chi connectivity index (χ1) is 9.72. The lowest BCUT2D eigenvalue weighted by Gasteiger charge is -2.11. The maximum absolute atomic E-state index is 10.3. The highest BCUT2D eigenvalue weighted by Gasteiger charge is 2.09. The van der Waals surface area contributed by atoms with Crippen LogP contribution in [0.2, 0.25) is 0 Å². The number of benzene rings is 2. The Hall–Kier alpha value is -1.46. The summed E-state index contributed by atoms with van der Waals surface area (Å²) in [5.41, 5.74) is 2.81. The predicted molar refractivity (Wildman–Crippen MR) is 89.6 cm³/mol. The van der Waals surface area contributed by atoms with Crippen molar-refractivity contribution in [2.45, 2.75) is 12.5 Å². The average molecular weight is 375 g/mol. The van der Waals surface area contributed by atoms with Gasteiger partial charge in [-0.3, -0.25) is 4.98 Å². The molecule has 20 heavy (non-hydrogen) atoms. The third-order valence-electron chi connectivity index (χ3n) is 3.31. The molecule has 2 nitrogen and oxygen atoms in total. The summed E-state index contributed by atoms with van der Waals surface area (Å²) in [6.07, 6.45) is 0.0199. The van der Waals surface area contributed by atoms with Crippen LogP contribution in [0.25, 0.3) is 10.9 Å². The van der Waals surface area contributed by atoms with Gasteiger partial charge in [0, 0.05) is 21.1 Å². The van der Waals surface area contributed by atoms with Crippen LogP contribution in [0.1, 0.15) is 17.4 Å². The lowest BCUT2D eigenvalue weighted by molar-refractivity contribution is 0.177. The van der Waals surface area contributed by atoms with Crippen molar-refractivity contribution in [3.05, 3.63) is 75.5 Å². The van der Waals surface area contributed by atoms with E-state index in [4.69, 9.17) is 0 Å². The standard InChI is InChI=1S/C17H14INO/c18-14-8-5-13(6-9-14)17(20)11-15-10-7-12-3-1-2-4-16(12)19-15/h1-10,17,20H,11H2. The molecule has 0 bridgehead atoms. The molecule has 1 N–H and O–H groups in total. The van der Waals surface area contributed by atoms with E-state index < -0.39 is 6.10 Å². The van der Waals surface area contributed by atoms with E-state index in [1.165, 1.54) is 3.57 Å². The number of nitrogens with zero attached hydrogens (tertiary/aromatic N) is 1. The van der Waals surface area contributed by atoms with Gasteiger partial charge in [0.2, 0.25) is 0 Å². The number of aliphatic hydroxyl groups is 1. The smallest absolute Gasteiger partial charge is 0.0845 e. The van der Waals surface area contributed by atoms with Crippen molar-refractivity contribution in [1.82, 2.24) is 4.98 Å². The maximum atomic E-state index is 10.3. The molecule has 0 saturated carbocycles. The van der Waals surface area contributed by atoms with Gasteiger partial charge in [0.15, 0.2) is 0 Å². The normalized spacial score (nSPS) is 12.5. The van der Waals surface area contributed by atoms with Gasteiger partial charge in [0.25, 0.3) is 0 Å². The number of hydrogen-bond donors (Lipinski definition) is 1. The van der Waals surface area contributed by atoms with Crippen molar-refractivity contribution in [2.24, 2.45) is 0 Å². The zero-order valence-electron chi connectivity index (χ0n) is 10.8. The van der Waals surface area contributed by atoms with Gasteiger partial charge in [0.05, 0.1) is 11.6 Å². The summed E-state index contributed by atoms with van der Waals surface area (Å²) in [6.45, 7) is 0. The Labute approximate surface area is 131 Å². The summed E-state index contributed by atoms with van der Waals surface area (Å²) in [6, 6.07) is 20.0. The molecule has 3 aromatic rings. The second-order valence-electron chi connectivity index (χ2n) is 4.77. The van der Waals surface area contributed by atoms with E-state index in [9.17, 15) is 5.11 Å². The molecule has 3 rings (SSSR count). The first-order valence-electron chi connectivity index (χ1n) is 6.50. The molecule has 0 spiro atoms. The van der Waals surface area contributed by atoms with Gasteiger partial charge in [-0.1, -0.05) is 36.4 Å². The van der Waals surface area contributed by atoms with Crippen LogP contribution in [-0.4, -0.2) is 10.1 Å². The molecule has 0 radical (unpaired) electrons. The topological polar surface area (TPSA) is 33.1 Å². The number of aliphatic hydroxyl groups excluding tert-OH is 1. The van der Waals surface area contributed by atoms with E-state index in [-0.39, 0.29) is 0 Å². The van der Waals surface area contributed by atoms with Crippen molar-refractivity contribution in [2.75, 3.05) is 0 Å². The van der Waals surface area contributed by atoms with E-state index in [1.54, 1.807) is 0 Å². The Kier molecular flexibility index (Phi) is 3.98. The minimum absolute atomic E-state index is 0.513. The van der Waals surface area contributed by atoms with Crippen molar-refractivity contribution in [3.63, 3.8) is 0 Å². The number of aromatic nitrogens is 1. The molecule has 3 heteroatoms. The van der Waals surface area contributed by atoms with Crippen LogP contribution in [-0.2, 0) is 6.42 Å². The van der Waals surface area contributed by atoms with Gasteiger partial charge in [-0.2, -0.15) is 0 Å². The van der Waals surface area contributed by atoms with Crippen LogP contribution in [0.4, 0.5) is 0 Å². The van der Waals surface area contributed by atoms with Gasteiger partial charge in [-0.05, 0) is 52.4 Å². The highest BCUT2D eigenvalue weighted by Crippen LogP contribution is 2.20. The Morgan fingerprint density at radius 1 is 0.950 bits per heavy atom. The molecule has 1 unspecified atom stereocenters. The summed E-state index contributed by atoms with van der Waals surface area (Å²) in [4.78, 5) is 4.60. The molecule has 1 heterocycles. The Morgan fingerprint density at radius 3 is 2.50 bits per heavy atom. The number of rotatable bonds is 3. The Morgan fingerprint density at radius 2 is 1.70 bits per heavy atom. The zero-order chi connectivity index (χ0) is 13.9. The molecule has 1 aromatic heterocycles. The van der Waals surface area contributed by atoms with E-state index in [0.29, 0.717) is 6.42 Å². The van der Waals surface area contributed by atoms with E-state index in [1.807, 2.05) is 54.6 Å². The fraction of sp³-hybridized carbons (Fsp3) is 0.118. The lowest BCUT2D eigenvalue weighted by atomic mass is 10.0. The first kappa shape index (κ1) is 13.5. The van der Waals surface area contributed by atoms with Gasteiger partial charge < -0.3 is 5.11 Å². The van der Waals surface area contributed by atoms with Crippen molar-refractivity contribution >= 4 is 33.5 Å². The fourth-order valence-corrected chi connectivity index (χ4v) is 2.58. The lowest BCUT2D eigenvalue weighted by Crippen LogP contribution is -2.03. The Balaban J connectivity index is 1.83. The van der Waals surface area contributed by atoms with Gasteiger partial charge in [-0.15, -0.1) is 0 Å². The number of hydrogen-bond acceptors (Lipinski definition) is 2. The second kappa shape index (κ2) is 5.89. The Bertz CT molecular complexity index is 724. The van der Waals surface area contributed by atoms with Gasteiger partial charge >= 0.3 is 0 Å². The maximum Gasteiger partial charge on any atom is 0.0845 e. The number of pyridine rings is 1. The van der Waals surface area contributed by atoms with Crippen LogP contribution in [0.3, 0.4) is 0 Å². The number of para-hydroxylation sites is 1. The quantitative estimate of drug-likeness (QED) is 0.699. The van der Waals surface area contributed by atoms with E-state index in [2.05, 4.69) is 33.6 Å². The third-order valence-corrected chi connectivity index (χ3v) is 4.03. The SMILES string of the molecule is OC(Cc1ccc2ccccc2n1)c1ccc(I)cc1. The number of halogens is 1. The largest absolute Gasteiger partial charge is 0.388 e. The van der Waals surface area contributed by atoms with Gasteiger partial charge in [-0.25, -0.2) is 0 Å². The van der Waals surface area contributed by atoms with Crippen LogP contribution >= 0.6 is 22.6 Å². The number of fused-ring (bicyclic) bond motifs is 1. The first-order valence-corrected chi connectivity index (χ1v) is 7.58. The van der Waals surface area contributed by atoms with Gasteiger partial charge in [0.1, 0.15) is 0 Å². The molecule has 0 aliphatic carbocycles. The summed E-state index contributed by atoms with van der Waals surface area (Å²) in [5, 5.41) is 11.4. The van der Waals surface area contributed by atoms with Crippen LogP contribution < -0.4 is 0 Å². The molecule has 0 aliphatic heterocycles. The van der Waals surface area contributed by atoms with Crippen LogP contribution in [0.15, 0.2) is 60.7 Å². The van der Waals surface area contributed by atoms with E-state index >= 15 is 0 Å². The molecular weight excluding hydrogens is 361 g/mol. The zero-order valence-corrected chi connectivity index (χ0v) is 13.0. The van der Waals surface area contributed by atoms with Crippen molar-refractivity contribution < 1.29 is 5.11 Å². The fourth-order valence-electron chi connectivity index (χ4n) is 2.22. The summed E-state index contributed by atoms with van der Waals surface area (Å²) in [7, 11) is 0. The van der Waals surface area contributed by atoms with Crippen LogP contribution in [0, 0.1) is 3.57 Å². The molecule has 2 aromatic carbocycles. The van der Waals surface area contributed by atoms with E-state index in [0.717, 1.165) is 22.2 Å². The second-order valence-corrected chi connectivity index (χ2v) is 6.01. The highest BCUT2D eigenvalue weighted by atomic mass is 127. The summed E-state index contributed by atoms with van der Waals surface area (Å²) in [5.74, 6) is 0. The molecule has 0 aliphatic rings.